The summed E-state index contributed by atoms with van der Waals surface area (Å²) in [5.74, 6) is -2.05. The molecule has 0 saturated heterocycles. The zero-order valence-corrected chi connectivity index (χ0v) is 10.3. The Morgan fingerprint density at radius 2 is 1.86 bits per heavy atom. The number of benzene rings is 1. The van der Waals surface area contributed by atoms with Crippen molar-refractivity contribution in [3.8, 4) is 5.75 Å². The lowest BCUT2D eigenvalue weighted by atomic mass is 10.2. The minimum absolute atomic E-state index is 0.00166. The van der Waals surface area contributed by atoms with Crippen LogP contribution in [-0.4, -0.2) is 17.3 Å². The molecule has 0 unspecified atom stereocenters. The zero-order valence-electron chi connectivity index (χ0n) is 10.3. The predicted molar refractivity (Wildman–Crippen MR) is 65.3 cm³/mol. The molecule has 2 rings (SSSR count). The molecule has 110 valence electrons. The van der Waals surface area contributed by atoms with E-state index in [4.69, 9.17) is 0 Å². The maximum atomic E-state index is 12.6. The first kappa shape index (κ1) is 14.8. The number of carbonyl (C=O) groups is 1. The molecule has 1 amide bonds. The van der Waals surface area contributed by atoms with Gasteiger partial charge in [0.1, 0.15) is 0 Å². The molecule has 0 spiro atoms. The third-order valence-corrected chi connectivity index (χ3v) is 2.35. The van der Waals surface area contributed by atoms with Crippen molar-refractivity contribution in [2.75, 3.05) is 5.32 Å². The number of carbonyl (C=O) groups excluding carboxylic acids is 1. The maximum absolute atomic E-state index is 12.6. The first-order valence-electron chi connectivity index (χ1n) is 5.63. The van der Waals surface area contributed by atoms with Crippen LogP contribution in [0.3, 0.4) is 0 Å². The van der Waals surface area contributed by atoms with Crippen molar-refractivity contribution in [1.82, 2.24) is 4.98 Å². The van der Waals surface area contributed by atoms with Crippen molar-refractivity contribution in [3.05, 3.63) is 54.1 Å². The summed E-state index contributed by atoms with van der Waals surface area (Å²) < 4.78 is 53.2. The van der Waals surface area contributed by atoms with Crippen LogP contribution >= 0.6 is 0 Å². The summed E-state index contributed by atoms with van der Waals surface area (Å²) in [4.78, 5) is 15.1. The molecule has 1 aromatic heterocycles. The third-order valence-electron chi connectivity index (χ3n) is 2.35. The Morgan fingerprint density at radius 3 is 2.48 bits per heavy atom. The van der Waals surface area contributed by atoms with Crippen LogP contribution < -0.4 is 10.1 Å². The Kier molecular flexibility index (Phi) is 4.06. The van der Waals surface area contributed by atoms with Crippen molar-refractivity contribution in [2.45, 2.75) is 6.36 Å². The van der Waals surface area contributed by atoms with Gasteiger partial charge in [-0.25, -0.2) is 4.98 Å². The SMILES string of the molecule is O=C(Nc1ccccc1OC(F)(F)F)c1ccc(F)nc1. The van der Waals surface area contributed by atoms with Crippen LogP contribution in [0.5, 0.6) is 5.75 Å². The first-order chi connectivity index (χ1) is 9.85. The number of anilines is 1. The number of halogens is 4. The van der Waals surface area contributed by atoms with Gasteiger partial charge in [0.2, 0.25) is 5.95 Å². The molecule has 1 aromatic carbocycles. The van der Waals surface area contributed by atoms with E-state index in [2.05, 4.69) is 15.0 Å². The minimum atomic E-state index is -4.88. The van der Waals surface area contributed by atoms with E-state index in [1.807, 2.05) is 0 Å². The largest absolute Gasteiger partial charge is 0.573 e. The number of hydrogen-bond donors (Lipinski definition) is 1. The number of ether oxygens (including phenoxy) is 1. The quantitative estimate of drug-likeness (QED) is 0.698. The van der Waals surface area contributed by atoms with E-state index >= 15 is 0 Å². The number of nitrogens with zero attached hydrogens (tertiary/aromatic N) is 1. The van der Waals surface area contributed by atoms with Gasteiger partial charge in [0.15, 0.2) is 5.75 Å². The van der Waals surface area contributed by atoms with Gasteiger partial charge in [0.25, 0.3) is 5.91 Å². The fourth-order valence-corrected chi connectivity index (χ4v) is 1.49. The van der Waals surface area contributed by atoms with E-state index in [9.17, 15) is 22.4 Å². The number of alkyl halides is 3. The molecule has 0 bridgehead atoms. The highest BCUT2D eigenvalue weighted by Crippen LogP contribution is 2.30. The van der Waals surface area contributed by atoms with Crippen LogP contribution in [0, 0.1) is 5.95 Å². The lowest BCUT2D eigenvalue weighted by Crippen LogP contribution is -2.19. The zero-order chi connectivity index (χ0) is 15.5. The number of hydrogen-bond acceptors (Lipinski definition) is 3. The number of para-hydroxylation sites is 2. The summed E-state index contributed by atoms with van der Waals surface area (Å²) in [5, 5.41) is 2.24. The molecule has 0 aliphatic rings. The molecule has 0 aliphatic carbocycles. The van der Waals surface area contributed by atoms with Crippen LogP contribution in [0.1, 0.15) is 10.4 Å². The lowest BCUT2D eigenvalue weighted by Gasteiger charge is -2.13. The van der Waals surface area contributed by atoms with Gasteiger partial charge in [-0.1, -0.05) is 12.1 Å². The van der Waals surface area contributed by atoms with Crippen molar-refractivity contribution in [2.24, 2.45) is 0 Å². The molecule has 8 heteroatoms. The van der Waals surface area contributed by atoms with E-state index in [1.54, 1.807) is 0 Å². The molecular weight excluding hydrogens is 292 g/mol. The number of amides is 1. The van der Waals surface area contributed by atoms with Crippen LogP contribution in [0.2, 0.25) is 0 Å². The van der Waals surface area contributed by atoms with Crippen molar-refractivity contribution < 1.29 is 27.1 Å². The minimum Gasteiger partial charge on any atom is -0.404 e. The second-order valence-corrected chi connectivity index (χ2v) is 3.87. The van der Waals surface area contributed by atoms with Crippen LogP contribution in [-0.2, 0) is 0 Å². The Morgan fingerprint density at radius 1 is 1.14 bits per heavy atom. The average Bonchev–Trinajstić information content (AvgIpc) is 2.40. The molecule has 0 aliphatic heterocycles. The maximum Gasteiger partial charge on any atom is 0.573 e. The monoisotopic (exact) mass is 300 g/mol. The van der Waals surface area contributed by atoms with E-state index in [-0.39, 0.29) is 11.3 Å². The number of pyridine rings is 1. The fourth-order valence-electron chi connectivity index (χ4n) is 1.49. The van der Waals surface area contributed by atoms with Gasteiger partial charge in [0, 0.05) is 6.20 Å². The molecule has 0 atom stereocenters. The number of aromatic nitrogens is 1. The fraction of sp³-hybridized carbons (Fsp3) is 0.0769. The van der Waals surface area contributed by atoms with Gasteiger partial charge < -0.3 is 10.1 Å². The molecule has 0 fully saturated rings. The molecule has 4 nitrogen and oxygen atoms in total. The van der Waals surface area contributed by atoms with Gasteiger partial charge in [-0.2, -0.15) is 4.39 Å². The summed E-state index contributed by atoms with van der Waals surface area (Å²) in [6.45, 7) is 0. The highest BCUT2D eigenvalue weighted by Gasteiger charge is 2.32. The summed E-state index contributed by atoms with van der Waals surface area (Å²) >= 11 is 0. The van der Waals surface area contributed by atoms with Crippen molar-refractivity contribution in [3.63, 3.8) is 0 Å². The second-order valence-electron chi connectivity index (χ2n) is 3.87. The van der Waals surface area contributed by atoms with Gasteiger partial charge >= 0.3 is 6.36 Å². The van der Waals surface area contributed by atoms with E-state index < -0.39 is 24.0 Å². The Labute approximate surface area is 116 Å². The van der Waals surface area contributed by atoms with E-state index in [0.717, 1.165) is 24.4 Å². The number of rotatable bonds is 3. The molecule has 2 aromatic rings. The molecular formula is C13H8F4N2O2. The van der Waals surface area contributed by atoms with Crippen LogP contribution in [0.25, 0.3) is 0 Å². The molecule has 1 heterocycles. The topological polar surface area (TPSA) is 51.2 Å². The number of nitrogens with one attached hydrogen (secondary N) is 1. The first-order valence-corrected chi connectivity index (χ1v) is 5.63. The normalized spacial score (nSPS) is 11.0. The van der Waals surface area contributed by atoms with Crippen LogP contribution in [0.15, 0.2) is 42.6 Å². The summed E-state index contributed by atoms with van der Waals surface area (Å²) in [5.41, 5.74) is -0.164. The highest BCUT2D eigenvalue weighted by atomic mass is 19.4. The summed E-state index contributed by atoms with van der Waals surface area (Å²) in [7, 11) is 0. The predicted octanol–water partition coefficient (Wildman–Crippen LogP) is 3.37. The van der Waals surface area contributed by atoms with Crippen molar-refractivity contribution >= 4 is 11.6 Å². The molecule has 21 heavy (non-hydrogen) atoms. The average molecular weight is 300 g/mol. The summed E-state index contributed by atoms with van der Waals surface area (Å²) in [6.07, 6.45) is -3.91. The van der Waals surface area contributed by atoms with Crippen molar-refractivity contribution in [1.29, 1.82) is 0 Å². The Bertz CT molecular complexity index is 641. The van der Waals surface area contributed by atoms with Gasteiger partial charge in [-0.3, -0.25) is 4.79 Å². The smallest absolute Gasteiger partial charge is 0.404 e. The third kappa shape index (κ3) is 4.16. The Hall–Kier alpha value is -2.64. The second kappa shape index (κ2) is 5.78. The van der Waals surface area contributed by atoms with E-state index in [1.165, 1.54) is 18.2 Å². The molecule has 1 N–H and O–H groups in total. The molecule has 0 saturated carbocycles. The van der Waals surface area contributed by atoms with E-state index in [0.29, 0.717) is 0 Å². The highest BCUT2D eigenvalue weighted by molar-refractivity contribution is 6.04. The van der Waals surface area contributed by atoms with Gasteiger partial charge in [0.05, 0.1) is 11.3 Å². The van der Waals surface area contributed by atoms with Crippen LogP contribution in [0.4, 0.5) is 23.2 Å². The van der Waals surface area contributed by atoms with Gasteiger partial charge in [-0.15, -0.1) is 13.2 Å². The summed E-state index contributed by atoms with van der Waals surface area (Å²) in [6, 6.07) is 7.19. The standard InChI is InChI=1S/C13H8F4N2O2/c14-11-6-5-8(7-18-11)12(20)19-9-3-1-2-4-10(9)21-13(15,16)17/h1-7H,(H,19,20). The lowest BCUT2D eigenvalue weighted by molar-refractivity contribution is -0.274. The van der Waals surface area contributed by atoms with Gasteiger partial charge in [-0.05, 0) is 24.3 Å². The Balaban J connectivity index is 2.19. The molecule has 0 radical (unpaired) electrons.